The van der Waals surface area contributed by atoms with Gasteiger partial charge in [-0.2, -0.15) is 0 Å². The van der Waals surface area contributed by atoms with Crippen LogP contribution in [0.3, 0.4) is 0 Å². The van der Waals surface area contributed by atoms with Gasteiger partial charge in [0.05, 0.1) is 11.3 Å². The van der Waals surface area contributed by atoms with E-state index in [1.807, 2.05) is 45.0 Å². The van der Waals surface area contributed by atoms with E-state index in [1.165, 1.54) is 6.92 Å². The summed E-state index contributed by atoms with van der Waals surface area (Å²) in [6.45, 7) is 7.09. The third-order valence-electron chi connectivity index (χ3n) is 7.65. The van der Waals surface area contributed by atoms with E-state index in [4.69, 9.17) is 0 Å². The van der Waals surface area contributed by atoms with Crippen molar-refractivity contribution >= 4 is 40.1 Å². The van der Waals surface area contributed by atoms with Crippen LogP contribution in [0.5, 0.6) is 0 Å². The number of nitrogens with one attached hydrogen (secondary N) is 3. The molecule has 206 valence electrons. The Balaban J connectivity index is 1.65. The second-order valence-corrected chi connectivity index (χ2v) is 10.7. The molecular weight excluding hydrogens is 504 g/mol. The Hall–Kier alpha value is -4.01. The van der Waals surface area contributed by atoms with E-state index in [2.05, 4.69) is 16.0 Å². The van der Waals surface area contributed by atoms with Crippen molar-refractivity contribution in [2.75, 3.05) is 10.6 Å². The first-order valence-electron chi connectivity index (χ1n) is 12.9. The molecule has 39 heavy (non-hydrogen) atoms. The first-order chi connectivity index (χ1) is 18.3. The molecule has 0 heterocycles. The number of aryl methyl sites for hydroxylation is 3. The van der Waals surface area contributed by atoms with Crippen LogP contribution in [-0.4, -0.2) is 34.5 Å². The van der Waals surface area contributed by atoms with Crippen LogP contribution in [0.1, 0.15) is 59.7 Å². The van der Waals surface area contributed by atoms with E-state index in [0.29, 0.717) is 11.1 Å². The molecule has 0 aliphatic heterocycles. The molecule has 1 saturated carbocycles. The van der Waals surface area contributed by atoms with Gasteiger partial charge in [-0.3, -0.25) is 4.79 Å². The van der Waals surface area contributed by atoms with E-state index >= 15 is 0 Å². The molecule has 3 aromatic carbocycles. The number of aliphatic carboxylic acids is 1. The van der Waals surface area contributed by atoms with Crippen LogP contribution in [0, 0.1) is 26.7 Å². The Kier molecular flexibility index (Phi) is 7.63. The summed E-state index contributed by atoms with van der Waals surface area (Å²) in [7, 11) is 0. The minimum absolute atomic E-state index is 0.0312. The molecule has 0 saturated heterocycles. The second-order valence-electron chi connectivity index (χ2n) is 10.7. The Bertz CT molecular complexity index is 1420. The van der Waals surface area contributed by atoms with Crippen LogP contribution < -0.4 is 16.0 Å². The first-order valence-corrected chi connectivity index (χ1v) is 12.9. The molecule has 3 aromatic rings. The number of halogens is 2. The molecule has 3 amide bonds. The average Bonchev–Trinajstić information content (AvgIpc) is 2.85. The third kappa shape index (κ3) is 6.02. The van der Waals surface area contributed by atoms with E-state index in [0.717, 1.165) is 22.1 Å². The number of hydrogen-bond acceptors (Lipinski definition) is 3. The predicted molar refractivity (Wildman–Crippen MR) is 148 cm³/mol. The highest BCUT2D eigenvalue weighted by Crippen LogP contribution is 2.41. The summed E-state index contributed by atoms with van der Waals surface area (Å²) in [6, 6.07) is 13.8. The van der Waals surface area contributed by atoms with Crippen molar-refractivity contribution in [1.29, 1.82) is 0 Å². The van der Waals surface area contributed by atoms with Crippen molar-refractivity contribution in [2.45, 2.75) is 64.8 Å². The number of benzene rings is 3. The molecule has 0 unspecified atom stereocenters. The lowest BCUT2D eigenvalue weighted by atomic mass is 9.74. The lowest BCUT2D eigenvalue weighted by Gasteiger charge is -2.39. The maximum atomic E-state index is 13.8. The van der Waals surface area contributed by atoms with Gasteiger partial charge in [0.15, 0.2) is 0 Å². The fraction of sp³-hybridized carbons (Fsp3) is 0.367. The number of fused-ring (bicyclic) bond motifs is 1. The number of carboxylic acids is 1. The quantitative estimate of drug-likeness (QED) is 0.277. The highest BCUT2D eigenvalue weighted by atomic mass is 19.3. The van der Waals surface area contributed by atoms with E-state index in [-0.39, 0.29) is 24.1 Å². The fourth-order valence-corrected chi connectivity index (χ4v) is 5.43. The van der Waals surface area contributed by atoms with Crippen LogP contribution >= 0.6 is 0 Å². The molecule has 9 heteroatoms. The van der Waals surface area contributed by atoms with Gasteiger partial charge >= 0.3 is 12.0 Å². The van der Waals surface area contributed by atoms with Gasteiger partial charge in [-0.25, -0.2) is 18.4 Å². The lowest BCUT2D eigenvalue weighted by molar-refractivity contribution is -0.148. The molecule has 0 bridgehead atoms. The Morgan fingerprint density at radius 3 is 2.05 bits per heavy atom. The number of rotatable bonds is 6. The summed E-state index contributed by atoms with van der Waals surface area (Å²) < 4.78 is 27.5. The molecule has 0 spiro atoms. The monoisotopic (exact) mass is 537 g/mol. The summed E-state index contributed by atoms with van der Waals surface area (Å²) in [6.07, 6.45) is -0.929. The highest BCUT2D eigenvalue weighted by molar-refractivity contribution is 6.10. The summed E-state index contributed by atoms with van der Waals surface area (Å²) >= 11 is 0. The average molecular weight is 538 g/mol. The second kappa shape index (κ2) is 10.6. The maximum Gasteiger partial charge on any atom is 0.329 e. The SMILES string of the molecule is Cc1cc(C)c(NC(=O)Nc2cc3ccccc3cc2C(=O)N[C@](C)(C(=O)O)C2CCC(F)(F)CC2)c(C)c1. The Morgan fingerprint density at radius 1 is 0.923 bits per heavy atom. The topological polar surface area (TPSA) is 108 Å². The van der Waals surface area contributed by atoms with Crippen molar-refractivity contribution in [3.8, 4) is 0 Å². The number of hydrogen-bond donors (Lipinski definition) is 4. The summed E-state index contributed by atoms with van der Waals surface area (Å²) in [5, 5.41) is 19.7. The highest BCUT2D eigenvalue weighted by Gasteiger charge is 2.48. The van der Waals surface area contributed by atoms with Gasteiger partial charge < -0.3 is 21.1 Å². The normalized spacial score (nSPS) is 16.8. The lowest BCUT2D eigenvalue weighted by Crippen LogP contribution is -2.58. The zero-order chi connectivity index (χ0) is 28.5. The smallest absolute Gasteiger partial charge is 0.329 e. The van der Waals surface area contributed by atoms with Crippen LogP contribution in [0.15, 0.2) is 48.5 Å². The van der Waals surface area contributed by atoms with Gasteiger partial charge in [-0.05, 0) is 80.5 Å². The van der Waals surface area contributed by atoms with Crippen molar-refractivity contribution in [1.82, 2.24) is 5.32 Å². The minimum atomic E-state index is -2.84. The largest absolute Gasteiger partial charge is 0.480 e. The molecule has 1 aliphatic rings. The molecule has 0 aromatic heterocycles. The van der Waals surface area contributed by atoms with Crippen molar-refractivity contribution < 1.29 is 28.3 Å². The summed E-state index contributed by atoms with van der Waals surface area (Å²) in [4.78, 5) is 39.0. The van der Waals surface area contributed by atoms with Gasteiger partial charge in [-0.1, -0.05) is 42.0 Å². The van der Waals surface area contributed by atoms with Gasteiger partial charge in [0, 0.05) is 18.5 Å². The van der Waals surface area contributed by atoms with E-state index in [1.54, 1.807) is 24.3 Å². The van der Waals surface area contributed by atoms with Gasteiger partial charge in [0.2, 0.25) is 5.92 Å². The summed E-state index contributed by atoms with van der Waals surface area (Å²) in [5.74, 6) is -5.53. The predicted octanol–water partition coefficient (Wildman–Crippen LogP) is 6.81. The number of carbonyl (C=O) groups excluding carboxylic acids is 2. The number of carboxylic acid groups (broad SMARTS) is 1. The molecular formula is C30H33F2N3O4. The number of urea groups is 1. The fourth-order valence-electron chi connectivity index (χ4n) is 5.43. The molecule has 4 N–H and O–H groups in total. The molecule has 1 fully saturated rings. The van der Waals surface area contributed by atoms with Gasteiger partial charge in [0.1, 0.15) is 5.54 Å². The van der Waals surface area contributed by atoms with E-state index < -0.39 is 48.1 Å². The summed E-state index contributed by atoms with van der Waals surface area (Å²) in [5.41, 5.74) is 1.97. The van der Waals surface area contributed by atoms with Crippen molar-refractivity contribution in [2.24, 2.45) is 5.92 Å². The first kappa shape index (κ1) is 28.0. The standard InChI is InChI=1S/C30H33F2N3O4/c1-17-13-18(2)25(19(3)14-17)34-28(39)33-24-16-21-8-6-5-7-20(21)15-23(24)26(36)35-29(4,27(37)38)22-9-11-30(31,32)12-10-22/h5-8,13-16,22H,9-12H2,1-4H3,(H,35,36)(H,37,38)(H2,33,34,39)/t29-/m0/s1. The minimum Gasteiger partial charge on any atom is -0.480 e. The Morgan fingerprint density at radius 2 is 1.49 bits per heavy atom. The van der Waals surface area contributed by atoms with Crippen LogP contribution in [-0.2, 0) is 4.79 Å². The Labute approximate surface area is 226 Å². The number of anilines is 2. The number of amides is 3. The zero-order valence-electron chi connectivity index (χ0n) is 22.5. The van der Waals surface area contributed by atoms with Crippen LogP contribution in [0.4, 0.5) is 25.0 Å². The van der Waals surface area contributed by atoms with Gasteiger partial charge in [0.25, 0.3) is 5.91 Å². The third-order valence-corrected chi connectivity index (χ3v) is 7.65. The molecule has 1 atom stereocenters. The van der Waals surface area contributed by atoms with Crippen molar-refractivity contribution in [3.63, 3.8) is 0 Å². The maximum absolute atomic E-state index is 13.8. The van der Waals surface area contributed by atoms with Crippen LogP contribution in [0.2, 0.25) is 0 Å². The molecule has 4 rings (SSSR count). The number of carbonyl (C=O) groups is 3. The molecule has 0 radical (unpaired) electrons. The van der Waals surface area contributed by atoms with Crippen molar-refractivity contribution in [3.05, 3.63) is 70.8 Å². The molecule has 1 aliphatic carbocycles. The molecule has 7 nitrogen and oxygen atoms in total. The van der Waals surface area contributed by atoms with Gasteiger partial charge in [-0.15, -0.1) is 0 Å². The van der Waals surface area contributed by atoms with Crippen LogP contribution in [0.25, 0.3) is 10.8 Å². The number of alkyl halides is 2. The zero-order valence-corrected chi connectivity index (χ0v) is 22.5. The van der Waals surface area contributed by atoms with E-state index in [9.17, 15) is 28.3 Å².